The monoisotopic (exact) mass is 484 g/mol. The fraction of sp³-hybridized carbons (Fsp3) is 0.933. The molecule has 0 heterocycles. The van der Waals surface area contributed by atoms with E-state index in [4.69, 9.17) is 10.2 Å². The molecule has 0 unspecified atom stereocenters. The topological polar surface area (TPSA) is 74.6 Å². The third kappa shape index (κ3) is 38.2. The van der Waals surface area contributed by atoms with Gasteiger partial charge >= 0.3 is 11.9 Å². The summed E-state index contributed by atoms with van der Waals surface area (Å²) in [5, 5.41) is 16.9. The standard InChI is InChI=1S/C20H40O2.C10H20O2/c1-2-3-4-5-6-7-8-9-10-11-12-13-14-15-16-17-18-19-20(21)22;1-2-3-4-5-6-7-8-9-10(11)12/h2-19H2,1H3,(H,21,22);2-9H2,1H3,(H,11,12). The molecule has 34 heavy (non-hydrogen) atoms. The molecule has 0 spiro atoms. The van der Waals surface area contributed by atoms with Crippen molar-refractivity contribution < 1.29 is 19.8 Å². The molecule has 204 valence electrons. The van der Waals surface area contributed by atoms with Gasteiger partial charge in [-0.25, -0.2) is 0 Å². The van der Waals surface area contributed by atoms with Crippen molar-refractivity contribution in [3.05, 3.63) is 0 Å². The summed E-state index contributed by atoms with van der Waals surface area (Å²) in [6.45, 7) is 4.48. The average Bonchev–Trinajstić information content (AvgIpc) is 2.80. The third-order valence-electron chi connectivity index (χ3n) is 6.49. The van der Waals surface area contributed by atoms with Crippen molar-refractivity contribution in [3.63, 3.8) is 0 Å². The van der Waals surface area contributed by atoms with E-state index in [1.807, 2.05) is 0 Å². The van der Waals surface area contributed by atoms with Crippen LogP contribution in [0, 0.1) is 0 Å². The maximum atomic E-state index is 10.4. The van der Waals surface area contributed by atoms with Crippen molar-refractivity contribution in [1.29, 1.82) is 0 Å². The summed E-state index contributed by atoms with van der Waals surface area (Å²) < 4.78 is 0. The Bertz CT molecular complexity index is 409. The third-order valence-corrected chi connectivity index (χ3v) is 6.49. The lowest BCUT2D eigenvalue weighted by Gasteiger charge is -2.03. The molecule has 0 bridgehead atoms. The largest absolute Gasteiger partial charge is 0.481 e. The molecule has 0 aromatic rings. The summed E-state index contributed by atoms with van der Waals surface area (Å²) in [6, 6.07) is 0. The Labute approximate surface area is 212 Å². The van der Waals surface area contributed by atoms with Gasteiger partial charge in [0.2, 0.25) is 0 Å². The Balaban J connectivity index is 0. The minimum atomic E-state index is -0.663. The molecule has 0 saturated heterocycles. The normalized spacial score (nSPS) is 10.6. The van der Waals surface area contributed by atoms with Crippen molar-refractivity contribution in [2.24, 2.45) is 0 Å². The van der Waals surface area contributed by atoms with E-state index in [2.05, 4.69) is 13.8 Å². The van der Waals surface area contributed by atoms with E-state index in [1.54, 1.807) is 0 Å². The molecular weight excluding hydrogens is 424 g/mol. The predicted molar refractivity (Wildman–Crippen MR) is 147 cm³/mol. The van der Waals surface area contributed by atoms with Crippen molar-refractivity contribution in [3.8, 4) is 0 Å². The van der Waals surface area contributed by atoms with Gasteiger partial charge in [0.05, 0.1) is 0 Å². The van der Waals surface area contributed by atoms with Gasteiger partial charge in [0.25, 0.3) is 0 Å². The molecule has 0 aliphatic rings. The van der Waals surface area contributed by atoms with Crippen LogP contribution in [0.2, 0.25) is 0 Å². The average molecular weight is 485 g/mol. The number of aliphatic carboxylic acids is 2. The smallest absolute Gasteiger partial charge is 0.303 e. The lowest BCUT2D eigenvalue weighted by Crippen LogP contribution is -1.93. The number of hydrogen-bond donors (Lipinski definition) is 2. The summed E-state index contributed by atoms with van der Waals surface area (Å²) in [6.07, 6.45) is 31.8. The zero-order valence-electron chi connectivity index (χ0n) is 23.1. The zero-order chi connectivity index (χ0) is 25.5. The second-order valence-electron chi connectivity index (χ2n) is 10.1. The first kappa shape index (κ1) is 35.1. The van der Waals surface area contributed by atoms with E-state index in [1.165, 1.54) is 128 Å². The first-order valence-electron chi connectivity index (χ1n) is 15.0. The van der Waals surface area contributed by atoms with Crippen LogP contribution in [0.3, 0.4) is 0 Å². The van der Waals surface area contributed by atoms with Crippen molar-refractivity contribution in [1.82, 2.24) is 0 Å². The molecule has 4 heteroatoms. The summed E-state index contributed by atoms with van der Waals surface area (Å²) in [5.41, 5.74) is 0. The summed E-state index contributed by atoms with van der Waals surface area (Å²) in [4.78, 5) is 20.5. The van der Waals surface area contributed by atoms with Crippen molar-refractivity contribution in [2.45, 2.75) is 181 Å². The number of carboxylic acid groups (broad SMARTS) is 2. The van der Waals surface area contributed by atoms with Gasteiger partial charge in [0.15, 0.2) is 0 Å². The van der Waals surface area contributed by atoms with E-state index < -0.39 is 11.9 Å². The Morgan fingerprint density at radius 1 is 0.353 bits per heavy atom. The molecule has 2 N–H and O–H groups in total. The Morgan fingerprint density at radius 2 is 0.529 bits per heavy atom. The highest BCUT2D eigenvalue weighted by Gasteiger charge is 1.97. The molecule has 0 aromatic heterocycles. The number of unbranched alkanes of at least 4 members (excludes halogenated alkanes) is 22. The fourth-order valence-corrected chi connectivity index (χ4v) is 4.23. The highest BCUT2D eigenvalue weighted by Crippen LogP contribution is 2.14. The van der Waals surface area contributed by atoms with E-state index in [0.717, 1.165) is 25.7 Å². The minimum Gasteiger partial charge on any atom is -0.481 e. The molecule has 0 fully saturated rings. The lowest BCUT2D eigenvalue weighted by atomic mass is 10.0. The maximum Gasteiger partial charge on any atom is 0.303 e. The van der Waals surface area contributed by atoms with Gasteiger partial charge < -0.3 is 10.2 Å². The molecule has 0 atom stereocenters. The number of carboxylic acids is 2. The molecule has 0 aliphatic heterocycles. The van der Waals surface area contributed by atoms with Crippen LogP contribution in [-0.4, -0.2) is 22.2 Å². The second kappa shape index (κ2) is 31.9. The van der Waals surface area contributed by atoms with Crippen LogP contribution >= 0.6 is 0 Å². The van der Waals surface area contributed by atoms with E-state index in [0.29, 0.717) is 12.8 Å². The second-order valence-corrected chi connectivity index (χ2v) is 10.1. The molecule has 0 saturated carbocycles. The van der Waals surface area contributed by atoms with Crippen LogP contribution in [0.1, 0.15) is 181 Å². The SMILES string of the molecule is CCCCCCCCCC(=O)O.CCCCCCCCCCCCCCCCCCCC(=O)O. The minimum absolute atomic E-state index is 0.341. The number of hydrogen-bond acceptors (Lipinski definition) is 2. The molecule has 0 radical (unpaired) electrons. The first-order chi connectivity index (χ1) is 16.5. The number of carbonyl (C=O) groups is 2. The molecule has 4 nitrogen and oxygen atoms in total. The molecule has 0 aliphatic carbocycles. The van der Waals surface area contributed by atoms with E-state index in [-0.39, 0.29) is 0 Å². The van der Waals surface area contributed by atoms with Gasteiger partial charge in [-0.3, -0.25) is 9.59 Å². The Morgan fingerprint density at radius 3 is 0.706 bits per heavy atom. The zero-order valence-corrected chi connectivity index (χ0v) is 23.1. The lowest BCUT2D eigenvalue weighted by molar-refractivity contribution is -0.138. The van der Waals surface area contributed by atoms with Gasteiger partial charge in [-0.2, -0.15) is 0 Å². The fourth-order valence-electron chi connectivity index (χ4n) is 4.23. The van der Waals surface area contributed by atoms with E-state index in [9.17, 15) is 9.59 Å². The Kier molecular flexibility index (Phi) is 33.0. The molecular formula is C30H60O4. The summed E-state index contributed by atoms with van der Waals surface area (Å²) >= 11 is 0. The van der Waals surface area contributed by atoms with Gasteiger partial charge in [-0.05, 0) is 12.8 Å². The highest BCUT2D eigenvalue weighted by molar-refractivity contribution is 5.66. The summed E-state index contributed by atoms with van der Waals surface area (Å²) in [7, 11) is 0. The quantitative estimate of drug-likeness (QED) is 0.120. The number of rotatable bonds is 26. The van der Waals surface area contributed by atoms with Gasteiger partial charge in [0.1, 0.15) is 0 Å². The molecule has 0 rings (SSSR count). The highest BCUT2D eigenvalue weighted by atomic mass is 16.4. The molecule has 0 amide bonds. The maximum absolute atomic E-state index is 10.4. The van der Waals surface area contributed by atoms with Crippen LogP contribution in [0.5, 0.6) is 0 Å². The Hall–Kier alpha value is -1.06. The van der Waals surface area contributed by atoms with Crippen LogP contribution in [0.15, 0.2) is 0 Å². The van der Waals surface area contributed by atoms with Gasteiger partial charge in [-0.1, -0.05) is 155 Å². The summed E-state index contributed by atoms with van der Waals surface area (Å²) in [5.74, 6) is -1.32. The van der Waals surface area contributed by atoms with Crippen LogP contribution < -0.4 is 0 Å². The van der Waals surface area contributed by atoms with Crippen molar-refractivity contribution in [2.75, 3.05) is 0 Å². The molecule has 0 aromatic carbocycles. The van der Waals surface area contributed by atoms with Crippen LogP contribution in [-0.2, 0) is 9.59 Å². The van der Waals surface area contributed by atoms with Crippen LogP contribution in [0.25, 0.3) is 0 Å². The predicted octanol–water partition coefficient (Wildman–Crippen LogP) is 10.3. The van der Waals surface area contributed by atoms with Crippen LogP contribution in [0.4, 0.5) is 0 Å². The van der Waals surface area contributed by atoms with Crippen molar-refractivity contribution >= 4 is 11.9 Å². The first-order valence-corrected chi connectivity index (χ1v) is 15.0. The van der Waals surface area contributed by atoms with Gasteiger partial charge in [0, 0.05) is 12.8 Å². The van der Waals surface area contributed by atoms with E-state index >= 15 is 0 Å². The van der Waals surface area contributed by atoms with Gasteiger partial charge in [-0.15, -0.1) is 0 Å².